The van der Waals surface area contributed by atoms with Gasteiger partial charge in [0.1, 0.15) is 5.82 Å². The summed E-state index contributed by atoms with van der Waals surface area (Å²) in [7, 11) is 0. The normalized spacial score (nSPS) is 10.6. The number of nitrogens with zero attached hydrogens (tertiary/aromatic N) is 3. The first-order valence-electron chi connectivity index (χ1n) is 5.54. The van der Waals surface area contributed by atoms with Crippen molar-refractivity contribution >= 4 is 28.3 Å². The first kappa shape index (κ1) is 14.6. The standard InChI is InChI=1S/C12H9FIN3O3/c1-7-11(14)12(18)16(6-15-7)5-8-4-9(13)2-3-10(8)17(19)20/h2-4,6H,5H2,1H3. The molecule has 0 spiro atoms. The zero-order valence-corrected chi connectivity index (χ0v) is 12.5. The van der Waals surface area contributed by atoms with Crippen LogP contribution in [-0.2, 0) is 6.54 Å². The Bertz CT molecular complexity index is 745. The third-order valence-electron chi connectivity index (χ3n) is 2.74. The summed E-state index contributed by atoms with van der Waals surface area (Å²) in [5, 5.41) is 10.9. The summed E-state index contributed by atoms with van der Waals surface area (Å²) in [6.45, 7) is 1.59. The van der Waals surface area contributed by atoms with Gasteiger partial charge in [-0.1, -0.05) is 0 Å². The maximum atomic E-state index is 13.2. The molecule has 0 bridgehead atoms. The van der Waals surface area contributed by atoms with Crippen LogP contribution in [0.2, 0.25) is 0 Å². The smallest absolute Gasteiger partial charge is 0.274 e. The third kappa shape index (κ3) is 2.84. The van der Waals surface area contributed by atoms with Gasteiger partial charge in [0, 0.05) is 6.07 Å². The SMILES string of the molecule is Cc1ncn(Cc2cc(F)ccc2[N+](=O)[O-])c(=O)c1I. The Morgan fingerprint density at radius 1 is 1.50 bits per heavy atom. The van der Waals surface area contributed by atoms with E-state index in [0.717, 1.165) is 18.2 Å². The fraction of sp³-hybridized carbons (Fsp3) is 0.167. The summed E-state index contributed by atoms with van der Waals surface area (Å²) in [5.41, 5.74) is 0.171. The van der Waals surface area contributed by atoms with Gasteiger partial charge in [-0.3, -0.25) is 19.5 Å². The molecule has 0 unspecified atom stereocenters. The number of hydrogen-bond acceptors (Lipinski definition) is 4. The lowest BCUT2D eigenvalue weighted by Gasteiger charge is -2.07. The lowest BCUT2D eigenvalue weighted by Crippen LogP contribution is -2.24. The summed E-state index contributed by atoms with van der Waals surface area (Å²) < 4.78 is 14.9. The van der Waals surface area contributed by atoms with Crippen LogP contribution in [0.1, 0.15) is 11.3 Å². The largest absolute Gasteiger partial charge is 0.294 e. The van der Waals surface area contributed by atoms with E-state index in [4.69, 9.17) is 0 Å². The molecule has 0 amide bonds. The van der Waals surface area contributed by atoms with Gasteiger partial charge in [-0.05, 0) is 41.6 Å². The molecule has 1 aromatic heterocycles. The highest BCUT2D eigenvalue weighted by molar-refractivity contribution is 14.1. The van der Waals surface area contributed by atoms with Gasteiger partial charge < -0.3 is 0 Å². The molecule has 0 radical (unpaired) electrons. The highest BCUT2D eigenvalue weighted by atomic mass is 127. The van der Waals surface area contributed by atoms with Crippen molar-refractivity contribution < 1.29 is 9.31 Å². The predicted molar refractivity (Wildman–Crippen MR) is 78.1 cm³/mol. The Balaban J connectivity index is 2.50. The van der Waals surface area contributed by atoms with Gasteiger partial charge in [-0.2, -0.15) is 0 Å². The van der Waals surface area contributed by atoms with Gasteiger partial charge in [0.2, 0.25) is 0 Å². The molecule has 1 heterocycles. The van der Waals surface area contributed by atoms with Crippen LogP contribution in [-0.4, -0.2) is 14.5 Å². The van der Waals surface area contributed by atoms with Gasteiger partial charge in [0.05, 0.1) is 32.6 Å². The zero-order valence-electron chi connectivity index (χ0n) is 10.3. The average Bonchev–Trinajstić information content (AvgIpc) is 2.39. The van der Waals surface area contributed by atoms with E-state index in [2.05, 4.69) is 4.98 Å². The van der Waals surface area contributed by atoms with Crippen molar-refractivity contribution in [3.05, 3.63) is 65.6 Å². The topological polar surface area (TPSA) is 78.0 Å². The lowest BCUT2D eigenvalue weighted by molar-refractivity contribution is -0.385. The van der Waals surface area contributed by atoms with Crippen LogP contribution >= 0.6 is 22.6 Å². The first-order chi connectivity index (χ1) is 9.40. The molecule has 0 aliphatic heterocycles. The molecule has 20 heavy (non-hydrogen) atoms. The fourth-order valence-electron chi connectivity index (χ4n) is 1.70. The number of benzene rings is 1. The summed E-state index contributed by atoms with van der Waals surface area (Å²) in [4.78, 5) is 26.3. The average molecular weight is 389 g/mol. The van der Waals surface area contributed by atoms with E-state index in [1.165, 1.54) is 10.9 Å². The van der Waals surface area contributed by atoms with Crippen molar-refractivity contribution in [1.29, 1.82) is 0 Å². The highest BCUT2D eigenvalue weighted by Gasteiger charge is 2.16. The molecule has 0 aliphatic carbocycles. The second-order valence-corrected chi connectivity index (χ2v) is 5.19. The van der Waals surface area contributed by atoms with Crippen molar-refractivity contribution in [2.75, 3.05) is 0 Å². The van der Waals surface area contributed by atoms with Gasteiger partial charge >= 0.3 is 0 Å². The molecule has 0 aliphatic rings. The molecule has 0 saturated heterocycles. The Kier molecular flexibility index (Phi) is 4.12. The molecule has 2 rings (SSSR count). The van der Waals surface area contributed by atoms with Gasteiger partial charge in [-0.25, -0.2) is 9.37 Å². The van der Waals surface area contributed by atoms with Crippen LogP contribution < -0.4 is 5.56 Å². The molecule has 0 atom stereocenters. The molecule has 0 N–H and O–H groups in total. The van der Waals surface area contributed by atoms with Crippen LogP contribution in [0.15, 0.2) is 29.3 Å². The van der Waals surface area contributed by atoms with Crippen molar-refractivity contribution in [3.63, 3.8) is 0 Å². The molecule has 8 heteroatoms. The quantitative estimate of drug-likeness (QED) is 0.459. The lowest BCUT2D eigenvalue weighted by atomic mass is 10.1. The van der Waals surface area contributed by atoms with E-state index in [-0.39, 0.29) is 23.4 Å². The number of hydrogen-bond donors (Lipinski definition) is 0. The molecule has 104 valence electrons. The Labute approximate surface area is 126 Å². The number of nitro benzene ring substituents is 1. The fourth-order valence-corrected chi connectivity index (χ4v) is 2.15. The van der Waals surface area contributed by atoms with Crippen molar-refractivity contribution in [2.45, 2.75) is 13.5 Å². The van der Waals surface area contributed by atoms with Crippen LogP contribution in [0.25, 0.3) is 0 Å². The second kappa shape index (κ2) is 5.65. The minimum absolute atomic E-state index is 0.101. The number of halogens is 2. The van der Waals surface area contributed by atoms with Crippen molar-refractivity contribution in [2.24, 2.45) is 0 Å². The van der Waals surface area contributed by atoms with Crippen LogP contribution in [0.5, 0.6) is 0 Å². The van der Waals surface area contributed by atoms with E-state index < -0.39 is 10.7 Å². The number of rotatable bonds is 3. The molecule has 1 aromatic carbocycles. The van der Waals surface area contributed by atoms with Crippen LogP contribution in [0, 0.1) is 26.4 Å². The van der Waals surface area contributed by atoms with E-state index in [0.29, 0.717) is 9.26 Å². The van der Waals surface area contributed by atoms with Gasteiger partial charge in [-0.15, -0.1) is 0 Å². The van der Waals surface area contributed by atoms with Crippen LogP contribution in [0.3, 0.4) is 0 Å². The predicted octanol–water partition coefficient (Wildman–Crippen LogP) is 2.25. The summed E-state index contributed by atoms with van der Waals surface area (Å²) in [6, 6.07) is 3.15. The summed E-state index contributed by atoms with van der Waals surface area (Å²) in [5.74, 6) is -0.589. The highest BCUT2D eigenvalue weighted by Crippen LogP contribution is 2.20. The van der Waals surface area contributed by atoms with E-state index in [1.807, 2.05) is 22.6 Å². The summed E-state index contributed by atoms with van der Waals surface area (Å²) in [6.07, 6.45) is 1.30. The van der Waals surface area contributed by atoms with Gasteiger partial charge in [0.25, 0.3) is 11.2 Å². The Hall–Kier alpha value is -1.84. The molecule has 6 nitrogen and oxygen atoms in total. The van der Waals surface area contributed by atoms with Crippen molar-refractivity contribution in [3.8, 4) is 0 Å². The number of nitro groups is 1. The monoisotopic (exact) mass is 389 g/mol. The molecule has 0 fully saturated rings. The van der Waals surface area contributed by atoms with E-state index in [1.54, 1.807) is 6.92 Å². The molecule has 0 saturated carbocycles. The maximum absolute atomic E-state index is 13.2. The minimum Gasteiger partial charge on any atom is -0.294 e. The number of aromatic nitrogens is 2. The zero-order chi connectivity index (χ0) is 14.9. The first-order valence-corrected chi connectivity index (χ1v) is 6.62. The van der Waals surface area contributed by atoms with Crippen molar-refractivity contribution in [1.82, 2.24) is 9.55 Å². The third-order valence-corrected chi connectivity index (χ3v) is 3.98. The molecule has 2 aromatic rings. The summed E-state index contributed by atoms with van der Waals surface area (Å²) >= 11 is 1.86. The Morgan fingerprint density at radius 2 is 2.20 bits per heavy atom. The molecular formula is C12H9FIN3O3. The minimum atomic E-state index is -0.605. The Morgan fingerprint density at radius 3 is 2.85 bits per heavy atom. The second-order valence-electron chi connectivity index (χ2n) is 4.11. The maximum Gasteiger partial charge on any atom is 0.274 e. The van der Waals surface area contributed by atoms with Gasteiger partial charge in [0.15, 0.2) is 0 Å². The number of aryl methyl sites for hydroxylation is 1. The van der Waals surface area contributed by atoms with E-state index >= 15 is 0 Å². The molecular weight excluding hydrogens is 380 g/mol. The van der Waals surface area contributed by atoms with E-state index in [9.17, 15) is 19.3 Å². The van der Waals surface area contributed by atoms with Crippen LogP contribution in [0.4, 0.5) is 10.1 Å².